The Morgan fingerprint density at radius 2 is 0.562 bits per heavy atom. The molecule has 0 saturated carbocycles. The summed E-state index contributed by atoms with van der Waals surface area (Å²) in [6.07, 6.45) is 1.24. The average molecular weight is 1020 g/mol. The molecule has 1 fully saturated rings. The number of benzene rings is 9. The molecule has 364 valence electrons. The van der Waals surface area contributed by atoms with Crippen LogP contribution in [0.4, 0.5) is 0 Å². The molecule has 0 radical (unpaired) electrons. The molecule has 3 nitrogen and oxygen atoms in total. The lowest BCUT2D eigenvalue weighted by Gasteiger charge is -2.72. The number of carbonyl (C=O) groups excluding carboxylic acids is 1. The Hall–Kier alpha value is -6.72. The highest BCUT2D eigenvalue weighted by atomic mass is 29.8. The largest absolute Gasteiger partial charge is 0.519 e. The molecule has 1 aliphatic rings. The molecule has 1 atom stereocenters. The SMILES string of the molecule is CC(=O)O[Si]1(Cc2ccccc2)C(Cc2ccccc2)(Cc2ccccc2)O[Si](Cc2ccccc2)(Cc2ccccc2)[Si](Cc2ccccc2)(Cc2ccccc2)[Si]1(Cc1ccccc1)Cc1ccccc1. The highest BCUT2D eigenvalue weighted by molar-refractivity contribution is 7.83. The maximum Gasteiger partial charge on any atom is 0.289 e. The van der Waals surface area contributed by atoms with Crippen LogP contribution in [0.5, 0.6) is 0 Å². The molecule has 10 rings (SSSR count). The van der Waals surface area contributed by atoms with Gasteiger partial charge in [-0.3, -0.25) is 4.79 Å². The van der Waals surface area contributed by atoms with Gasteiger partial charge in [-0.2, -0.15) is 0 Å². The van der Waals surface area contributed by atoms with E-state index in [0.717, 1.165) is 36.3 Å². The van der Waals surface area contributed by atoms with Crippen LogP contribution in [-0.2, 0) is 68.8 Å². The molecule has 1 aliphatic heterocycles. The molecular formula is C66H66O3Si4. The number of carbonyl (C=O) groups is 1. The predicted octanol–water partition coefficient (Wildman–Crippen LogP) is 13.8. The number of hydrogen-bond donors (Lipinski definition) is 0. The maximum absolute atomic E-state index is 15.4. The zero-order valence-corrected chi connectivity index (χ0v) is 46.1. The molecule has 9 aromatic rings. The normalized spacial score (nSPS) is 17.3. The fourth-order valence-corrected chi connectivity index (χ4v) is 94.3. The summed E-state index contributed by atoms with van der Waals surface area (Å²) < 4.78 is 17.7. The lowest BCUT2D eigenvalue weighted by Crippen LogP contribution is -3.02. The van der Waals surface area contributed by atoms with Crippen molar-refractivity contribution in [3.05, 3.63) is 323 Å². The van der Waals surface area contributed by atoms with Gasteiger partial charge in [0.25, 0.3) is 13.8 Å². The van der Waals surface area contributed by atoms with E-state index in [1.54, 1.807) is 6.92 Å². The van der Waals surface area contributed by atoms with Gasteiger partial charge < -0.3 is 8.85 Å². The minimum Gasteiger partial charge on any atom is -0.519 e. The van der Waals surface area contributed by atoms with E-state index in [4.69, 9.17) is 4.43 Å². The Kier molecular flexibility index (Phi) is 15.4. The predicted molar refractivity (Wildman–Crippen MR) is 310 cm³/mol. The first kappa shape index (κ1) is 49.8. The molecule has 1 unspecified atom stereocenters. The van der Waals surface area contributed by atoms with Gasteiger partial charge in [0, 0.05) is 25.8 Å². The van der Waals surface area contributed by atoms with Crippen LogP contribution in [0, 0.1) is 0 Å². The maximum atomic E-state index is 15.4. The average Bonchev–Trinajstić information content (AvgIpc) is 3.46. The van der Waals surface area contributed by atoms with Crippen molar-refractivity contribution in [1.29, 1.82) is 0 Å². The Labute approximate surface area is 437 Å². The van der Waals surface area contributed by atoms with Gasteiger partial charge in [0.05, 0.1) is 12.3 Å². The monoisotopic (exact) mass is 1020 g/mol. The highest BCUT2D eigenvalue weighted by Crippen LogP contribution is 2.57. The van der Waals surface area contributed by atoms with Gasteiger partial charge in [-0.1, -0.05) is 295 Å². The van der Waals surface area contributed by atoms with Crippen LogP contribution >= 0.6 is 0 Å². The Bertz CT molecular complexity index is 2950. The number of rotatable bonds is 19. The molecule has 0 bridgehead atoms. The number of hydrogen-bond acceptors (Lipinski definition) is 3. The molecular weight excluding hydrogens is 953 g/mol. The lowest BCUT2D eigenvalue weighted by molar-refractivity contribution is -0.133. The third-order valence-electron chi connectivity index (χ3n) is 16.0. The van der Waals surface area contributed by atoms with Gasteiger partial charge in [0.1, 0.15) is 7.11 Å². The van der Waals surface area contributed by atoms with Crippen molar-refractivity contribution >= 4 is 35.9 Å². The van der Waals surface area contributed by atoms with Gasteiger partial charge in [-0.05, 0) is 64.1 Å². The van der Waals surface area contributed by atoms with Crippen molar-refractivity contribution in [2.45, 2.75) is 67.3 Å². The molecule has 73 heavy (non-hydrogen) atoms. The second-order valence-electron chi connectivity index (χ2n) is 20.6. The van der Waals surface area contributed by atoms with Crippen molar-refractivity contribution < 1.29 is 13.6 Å². The van der Waals surface area contributed by atoms with E-state index in [0.29, 0.717) is 18.9 Å². The van der Waals surface area contributed by atoms with Gasteiger partial charge in [0.15, 0.2) is 7.83 Å². The zero-order chi connectivity index (χ0) is 49.9. The summed E-state index contributed by atoms with van der Waals surface area (Å²) in [5.41, 5.74) is 11.6. The molecule has 1 heterocycles. The fourth-order valence-electron chi connectivity index (χ4n) is 13.3. The van der Waals surface area contributed by atoms with E-state index in [1.165, 1.54) is 50.1 Å². The van der Waals surface area contributed by atoms with Gasteiger partial charge in [0.2, 0.25) is 0 Å². The van der Waals surface area contributed by atoms with Crippen LogP contribution < -0.4 is 0 Å². The Balaban J connectivity index is 1.49. The third kappa shape index (κ3) is 10.6. The van der Waals surface area contributed by atoms with E-state index >= 15 is 4.79 Å². The second-order valence-corrected chi connectivity index (χ2v) is 52.0. The summed E-state index contributed by atoms with van der Waals surface area (Å²) >= 11 is 0. The van der Waals surface area contributed by atoms with E-state index in [2.05, 4.69) is 273 Å². The standard InChI is InChI=1S/C66H66O3Si4/c1-56(67)68-73(55-65-45-27-10-28-46-65)66(47-57-29-11-2-12-30-57,48-58-31-13-3-14-32-58)69-70(49-59-33-15-4-16-34-59,50-60-35-17-5-18-36-60)71(51-61-37-19-6-20-38-61,52-62-39-21-7-22-40-62)72(73,53-63-41-23-8-24-42-63)54-64-43-25-9-26-44-64/h2-46H,47-55H2,1H3. The van der Waals surface area contributed by atoms with E-state index in [1.807, 2.05) is 0 Å². The van der Waals surface area contributed by atoms with Crippen LogP contribution in [-0.4, -0.2) is 41.1 Å². The first-order valence-electron chi connectivity index (χ1n) is 26.1. The third-order valence-corrected chi connectivity index (χ3v) is 73.4. The highest BCUT2D eigenvalue weighted by Gasteiger charge is 2.85. The smallest absolute Gasteiger partial charge is 0.289 e. The molecule has 9 aromatic carbocycles. The summed E-state index contributed by atoms with van der Waals surface area (Å²) in [4.78, 5) is 15.4. The quantitative estimate of drug-likeness (QED) is 0.0757. The topological polar surface area (TPSA) is 35.5 Å². The second kappa shape index (κ2) is 22.6. The molecule has 0 aliphatic carbocycles. The van der Waals surface area contributed by atoms with Crippen LogP contribution in [0.1, 0.15) is 57.0 Å². The van der Waals surface area contributed by atoms with E-state index in [9.17, 15) is 4.43 Å². The lowest BCUT2D eigenvalue weighted by atomic mass is 10.0. The molecule has 0 amide bonds. The van der Waals surface area contributed by atoms with E-state index < -0.39 is 35.1 Å². The van der Waals surface area contributed by atoms with Gasteiger partial charge in [-0.15, -0.1) is 0 Å². The Morgan fingerprint density at radius 1 is 0.329 bits per heavy atom. The van der Waals surface area contributed by atoms with Gasteiger partial charge in [-0.25, -0.2) is 0 Å². The van der Waals surface area contributed by atoms with Crippen LogP contribution in [0.2, 0.25) is 0 Å². The summed E-state index contributed by atoms with van der Waals surface area (Å²) in [6.45, 7) is 1.71. The van der Waals surface area contributed by atoms with Crippen molar-refractivity contribution in [3.63, 3.8) is 0 Å². The fraction of sp³-hybridized carbons (Fsp3) is 0.167. The zero-order valence-electron chi connectivity index (χ0n) is 42.1. The van der Waals surface area contributed by atoms with Crippen LogP contribution in [0.25, 0.3) is 0 Å². The molecule has 1 saturated heterocycles. The summed E-state index contributed by atoms with van der Waals surface area (Å²) in [5.74, 6) is -0.197. The van der Waals surface area contributed by atoms with Crippen LogP contribution in [0.3, 0.4) is 0 Å². The molecule has 7 heteroatoms. The van der Waals surface area contributed by atoms with E-state index in [-0.39, 0.29) is 5.97 Å². The minimum absolute atomic E-state index is 0.197. The molecule has 0 spiro atoms. The Morgan fingerprint density at radius 3 is 0.836 bits per heavy atom. The van der Waals surface area contributed by atoms with Crippen molar-refractivity contribution in [1.82, 2.24) is 0 Å². The van der Waals surface area contributed by atoms with Crippen molar-refractivity contribution in [2.75, 3.05) is 0 Å². The van der Waals surface area contributed by atoms with Gasteiger partial charge >= 0.3 is 0 Å². The first-order chi connectivity index (χ1) is 35.8. The first-order valence-corrected chi connectivity index (χ1v) is 38.3. The van der Waals surface area contributed by atoms with Crippen LogP contribution in [0.15, 0.2) is 273 Å². The van der Waals surface area contributed by atoms with Crippen molar-refractivity contribution in [2.24, 2.45) is 0 Å². The summed E-state index contributed by atoms with van der Waals surface area (Å²) in [7, 11) is -14.0. The molecule has 0 aromatic heterocycles. The minimum atomic E-state index is -3.88. The summed E-state index contributed by atoms with van der Waals surface area (Å²) in [6, 6.07) is 108. The molecule has 0 N–H and O–H groups in total. The summed E-state index contributed by atoms with van der Waals surface area (Å²) in [5, 5.41) is -0.924. The van der Waals surface area contributed by atoms with Crippen molar-refractivity contribution in [3.8, 4) is 0 Å².